The van der Waals surface area contributed by atoms with Crippen LogP contribution in [0.5, 0.6) is 11.5 Å². The van der Waals surface area contributed by atoms with Gasteiger partial charge >= 0.3 is 0 Å². The summed E-state index contributed by atoms with van der Waals surface area (Å²) in [4.78, 5) is 12.4. The number of carbonyl (C=O) groups is 1. The zero-order valence-corrected chi connectivity index (χ0v) is 14.1. The van der Waals surface area contributed by atoms with Crippen molar-refractivity contribution in [3.63, 3.8) is 0 Å². The van der Waals surface area contributed by atoms with Crippen molar-refractivity contribution in [3.05, 3.63) is 60.5 Å². The molecule has 5 heteroatoms. The maximum absolute atomic E-state index is 12.4. The van der Waals surface area contributed by atoms with Gasteiger partial charge in [0.05, 0.1) is 20.8 Å². The fraction of sp³-hybridized carbons (Fsp3) is 0.263. The van der Waals surface area contributed by atoms with Crippen LogP contribution in [0.4, 0.5) is 5.69 Å². The summed E-state index contributed by atoms with van der Waals surface area (Å²) < 4.78 is 10.4. The number of hydrogen-bond donors (Lipinski definition) is 2. The summed E-state index contributed by atoms with van der Waals surface area (Å²) in [6, 6.07) is 12.2. The molecule has 2 rings (SSSR count). The van der Waals surface area contributed by atoms with E-state index >= 15 is 0 Å². The van der Waals surface area contributed by atoms with Gasteiger partial charge in [-0.2, -0.15) is 0 Å². The van der Waals surface area contributed by atoms with Crippen LogP contribution in [-0.4, -0.2) is 31.8 Å². The Morgan fingerprint density at radius 2 is 1.75 bits per heavy atom. The van der Waals surface area contributed by atoms with E-state index < -0.39 is 5.41 Å². The Kier molecular flexibility index (Phi) is 5.46. The molecule has 0 aliphatic heterocycles. The number of amides is 1. The molecule has 0 bridgehead atoms. The fourth-order valence-electron chi connectivity index (χ4n) is 2.23. The molecule has 0 fully saturated rings. The highest BCUT2D eigenvalue weighted by Gasteiger charge is 2.19. The monoisotopic (exact) mass is 328 g/mol. The summed E-state index contributed by atoms with van der Waals surface area (Å²) >= 11 is 0. The number of hydrogen-bond acceptors (Lipinski definition) is 4. The van der Waals surface area contributed by atoms with Crippen molar-refractivity contribution in [1.82, 2.24) is 0 Å². The second-order valence-corrected chi connectivity index (χ2v) is 5.82. The minimum Gasteiger partial charge on any atom is -0.493 e. The van der Waals surface area contributed by atoms with Crippen LogP contribution in [0.15, 0.2) is 42.5 Å². The van der Waals surface area contributed by atoms with Crippen molar-refractivity contribution in [2.75, 3.05) is 26.1 Å². The highest BCUT2D eigenvalue weighted by atomic mass is 16.5. The first kappa shape index (κ1) is 17.8. The normalized spacial score (nSPS) is 11.0. The van der Waals surface area contributed by atoms with Crippen molar-refractivity contribution >= 4 is 11.6 Å². The molecule has 0 heterocycles. The zero-order chi connectivity index (χ0) is 17.7. The van der Waals surface area contributed by atoms with Gasteiger partial charge in [0.25, 0.3) is 5.91 Å². The van der Waals surface area contributed by atoms with Crippen molar-refractivity contribution in [1.29, 1.82) is 0 Å². The van der Waals surface area contributed by atoms with Crippen molar-refractivity contribution in [2.45, 2.75) is 12.3 Å². The van der Waals surface area contributed by atoms with Crippen molar-refractivity contribution < 1.29 is 19.4 Å². The van der Waals surface area contributed by atoms with E-state index in [4.69, 9.17) is 9.47 Å². The Hall–Kier alpha value is -2.53. The standard InChI is InChI=1S/C19H22NO4/c1-19(2,12-21)14-6-8-15(9-7-14)20-18(22)13-5-10-16(23-3)17(11-13)24-4/h5-11,21H,1,12H2,2-4H3,(H,20,22). The highest BCUT2D eigenvalue weighted by Crippen LogP contribution is 2.28. The van der Waals surface area contributed by atoms with Crippen LogP contribution in [0.3, 0.4) is 0 Å². The molecule has 0 aliphatic carbocycles. The quantitative estimate of drug-likeness (QED) is 0.855. The van der Waals surface area contributed by atoms with Gasteiger partial charge in [0.2, 0.25) is 0 Å². The second kappa shape index (κ2) is 7.36. The summed E-state index contributed by atoms with van der Waals surface area (Å²) in [5.74, 6) is 0.816. The van der Waals surface area contributed by atoms with Gasteiger partial charge in [-0.05, 0) is 42.8 Å². The van der Waals surface area contributed by atoms with Crippen molar-refractivity contribution in [3.8, 4) is 11.5 Å². The minimum atomic E-state index is -0.564. The third kappa shape index (κ3) is 3.86. The van der Waals surface area contributed by atoms with E-state index in [2.05, 4.69) is 12.2 Å². The molecule has 2 N–H and O–H groups in total. The molecule has 0 aliphatic rings. The third-order valence-corrected chi connectivity index (χ3v) is 3.83. The lowest BCUT2D eigenvalue weighted by molar-refractivity contribution is 0.102. The number of nitrogens with one attached hydrogen (secondary N) is 1. The van der Waals surface area contributed by atoms with Gasteiger partial charge in [-0.3, -0.25) is 4.79 Å². The largest absolute Gasteiger partial charge is 0.493 e. The average Bonchev–Trinajstić information content (AvgIpc) is 2.61. The number of ether oxygens (including phenoxy) is 2. The number of benzene rings is 2. The van der Waals surface area contributed by atoms with E-state index in [1.165, 1.54) is 7.11 Å². The molecule has 1 radical (unpaired) electrons. The predicted octanol–water partition coefficient (Wildman–Crippen LogP) is 3.04. The maximum Gasteiger partial charge on any atom is 0.255 e. The van der Waals surface area contributed by atoms with Crippen LogP contribution in [0.1, 0.15) is 22.8 Å². The molecular weight excluding hydrogens is 306 g/mol. The smallest absolute Gasteiger partial charge is 0.255 e. The fourth-order valence-corrected chi connectivity index (χ4v) is 2.23. The summed E-state index contributed by atoms with van der Waals surface area (Å²) in [5.41, 5.74) is 1.46. The molecule has 0 spiro atoms. The first-order chi connectivity index (χ1) is 11.4. The average molecular weight is 328 g/mol. The number of methoxy groups -OCH3 is 2. The molecule has 2 aromatic carbocycles. The molecule has 0 saturated carbocycles. The van der Waals surface area contributed by atoms with Crippen LogP contribution < -0.4 is 14.8 Å². The molecular formula is C19H22NO4. The van der Waals surface area contributed by atoms with E-state index in [1.54, 1.807) is 37.4 Å². The molecule has 1 amide bonds. The Bertz CT molecular complexity index is 708. The maximum atomic E-state index is 12.4. The Balaban J connectivity index is 2.15. The topological polar surface area (TPSA) is 67.8 Å². The van der Waals surface area contributed by atoms with Gasteiger partial charge < -0.3 is 19.9 Å². The van der Waals surface area contributed by atoms with E-state index in [0.29, 0.717) is 22.7 Å². The lowest BCUT2D eigenvalue weighted by Crippen LogP contribution is -2.22. The van der Waals surface area contributed by atoms with Crippen LogP contribution >= 0.6 is 0 Å². The van der Waals surface area contributed by atoms with Crippen molar-refractivity contribution in [2.24, 2.45) is 0 Å². The summed E-state index contributed by atoms with van der Waals surface area (Å²) in [7, 11) is 3.07. The minimum absolute atomic E-state index is 0.0512. The van der Waals surface area contributed by atoms with Gasteiger partial charge in [0, 0.05) is 16.7 Å². The van der Waals surface area contributed by atoms with Crippen LogP contribution in [0.25, 0.3) is 0 Å². The van der Waals surface area contributed by atoms with E-state index in [0.717, 1.165) is 5.56 Å². The second-order valence-electron chi connectivity index (χ2n) is 5.82. The highest BCUT2D eigenvalue weighted by molar-refractivity contribution is 6.04. The van der Waals surface area contributed by atoms with Crippen LogP contribution in [0.2, 0.25) is 0 Å². The van der Waals surface area contributed by atoms with Gasteiger partial charge in [-0.25, -0.2) is 0 Å². The predicted molar refractivity (Wildman–Crippen MR) is 93.7 cm³/mol. The molecule has 0 saturated heterocycles. The van der Waals surface area contributed by atoms with Gasteiger partial charge in [-0.15, -0.1) is 0 Å². The summed E-state index contributed by atoms with van der Waals surface area (Å²) in [5, 5.41) is 12.2. The summed E-state index contributed by atoms with van der Waals surface area (Å²) in [6.45, 7) is 5.77. The molecule has 127 valence electrons. The number of rotatable bonds is 6. The molecule has 0 aromatic heterocycles. The van der Waals surface area contributed by atoms with Gasteiger partial charge in [-0.1, -0.05) is 19.1 Å². The zero-order valence-electron chi connectivity index (χ0n) is 14.1. The molecule has 5 nitrogen and oxygen atoms in total. The number of aliphatic hydroxyl groups excluding tert-OH is 1. The molecule has 1 unspecified atom stereocenters. The van der Waals surface area contributed by atoms with E-state index in [9.17, 15) is 9.90 Å². The Labute approximate surface area is 142 Å². The van der Waals surface area contributed by atoms with Crippen LogP contribution in [-0.2, 0) is 5.41 Å². The number of aliphatic hydroxyl groups is 1. The van der Waals surface area contributed by atoms with Gasteiger partial charge in [0.1, 0.15) is 0 Å². The third-order valence-electron chi connectivity index (χ3n) is 3.83. The lowest BCUT2D eigenvalue weighted by Gasteiger charge is -2.22. The first-order valence-corrected chi connectivity index (χ1v) is 7.51. The molecule has 2 aromatic rings. The van der Waals surface area contributed by atoms with E-state index in [-0.39, 0.29) is 12.5 Å². The van der Waals surface area contributed by atoms with Crippen LogP contribution in [0, 0.1) is 6.92 Å². The number of anilines is 1. The Morgan fingerprint density at radius 3 is 2.29 bits per heavy atom. The SMILES string of the molecule is [CH2]C(C)(CO)c1ccc(NC(=O)c2ccc(OC)c(OC)c2)cc1. The molecule has 24 heavy (non-hydrogen) atoms. The van der Waals surface area contributed by atoms with E-state index in [1.807, 2.05) is 19.1 Å². The summed E-state index contributed by atoms with van der Waals surface area (Å²) in [6.07, 6.45) is 0. The van der Waals surface area contributed by atoms with Gasteiger partial charge in [0.15, 0.2) is 11.5 Å². The first-order valence-electron chi connectivity index (χ1n) is 7.51. The Morgan fingerprint density at radius 1 is 1.12 bits per heavy atom. The lowest BCUT2D eigenvalue weighted by atomic mass is 9.85. The number of carbonyl (C=O) groups excluding carboxylic acids is 1. The molecule has 1 atom stereocenters.